The standard InChI is InChI=1S/C13H18N2O/c1-2-3-4-8-15-10-11-6-5-7-12(9-11)13(14)16/h2-3,5-7,9,15H,4,8,10H2,1H3,(H2,14,16)/b3-2+. The van der Waals surface area contributed by atoms with Crippen molar-refractivity contribution in [2.24, 2.45) is 5.73 Å². The lowest BCUT2D eigenvalue weighted by Crippen LogP contribution is -2.15. The van der Waals surface area contributed by atoms with Gasteiger partial charge in [-0.15, -0.1) is 0 Å². The molecule has 0 aliphatic carbocycles. The number of hydrogen-bond acceptors (Lipinski definition) is 2. The summed E-state index contributed by atoms with van der Waals surface area (Å²) < 4.78 is 0. The Morgan fingerprint density at radius 3 is 3.00 bits per heavy atom. The Morgan fingerprint density at radius 2 is 2.31 bits per heavy atom. The highest BCUT2D eigenvalue weighted by molar-refractivity contribution is 5.92. The van der Waals surface area contributed by atoms with Crippen LogP contribution in [-0.4, -0.2) is 12.5 Å². The molecule has 0 atom stereocenters. The molecule has 1 aromatic rings. The van der Waals surface area contributed by atoms with Gasteiger partial charge in [0, 0.05) is 12.1 Å². The molecule has 3 N–H and O–H groups in total. The van der Waals surface area contributed by atoms with Crippen molar-refractivity contribution in [1.29, 1.82) is 0 Å². The zero-order chi connectivity index (χ0) is 11.8. The van der Waals surface area contributed by atoms with E-state index >= 15 is 0 Å². The van der Waals surface area contributed by atoms with Crippen molar-refractivity contribution < 1.29 is 4.79 Å². The number of nitrogens with one attached hydrogen (secondary N) is 1. The maximum Gasteiger partial charge on any atom is 0.248 e. The molecule has 0 spiro atoms. The smallest absolute Gasteiger partial charge is 0.248 e. The van der Waals surface area contributed by atoms with Gasteiger partial charge in [0.05, 0.1) is 0 Å². The topological polar surface area (TPSA) is 55.1 Å². The van der Waals surface area contributed by atoms with Crippen molar-refractivity contribution in [1.82, 2.24) is 5.32 Å². The van der Waals surface area contributed by atoms with Crippen molar-refractivity contribution in [2.45, 2.75) is 19.9 Å². The molecule has 0 heterocycles. The first-order valence-corrected chi connectivity index (χ1v) is 5.44. The molecule has 16 heavy (non-hydrogen) atoms. The molecule has 0 unspecified atom stereocenters. The van der Waals surface area contributed by atoms with Crippen LogP contribution < -0.4 is 11.1 Å². The minimum Gasteiger partial charge on any atom is -0.366 e. The molecule has 0 aromatic heterocycles. The van der Waals surface area contributed by atoms with Gasteiger partial charge in [-0.3, -0.25) is 4.79 Å². The van der Waals surface area contributed by atoms with Gasteiger partial charge in [-0.05, 0) is 37.6 Å². The Kier molecular flexibility index (Phi) is 5.29. The van der Waals surface area contributed by atoms with Gasteiger partial charge in [-0.2, -0.15) is 0 Å². The number of allylic oxidation sites excluding steroid dienone is 1. The normalized spacial score (nSPS) is 10.8. The highest BCUT2D eigenvalue weighted by Gasteiger charge is 2.00. The summed E-state index contributed by atoms with van der Waals surface area (Å²) >= 11 is 0. The average Bonchev–Trinajstić information content (AvgIpc) is 2.29. The van der Waals surface area contributed by atoms with Gasteiger partial charge < -0.3 is 11.1 Å². The Balaban J connectivity index is 2.42. The van der Waals surface area contributed by atoms with Crippen LogP contribution in [0.3, 0.4) is 0 Å². The number of amides is 1. The SMILES string of the molecule is C/C=C/CCNCc1cccc(C(N)=O)c1. The summed E-state index contributed by atoms with van der Waals surface area (Å²) in [4.78, 5) is 11.0. The molecule has 0 radical (unpaired) electrons. The summed E-state index contributed by atoms with van der Waals surface area (Å²) in [5.74, 6) is -0.379. The van der Waals surface area contributed by atoms with Crippen molar-refractivity contribution in [2.75, 3.05) is 6.54 Å². The van der Waals surface area contributed by atoms with E-state index in [-0.39, 0.29) is 5.91 Å². The minimum absolute atomic E-state index is 0.379. The molecule has 0 fully saturated rings. The van der Waals surface area contributed by atoms with Crippen LogP contribution in [0.25, 0.3) is 0 Å². The Bertz CT molecular complexity index is 372. The van der Waals surface area contributed by atoms with Crippen molar-refractivity contribution in [3.05, 3.63) is 47.5 Å². The van der Waals surface area contributed by atoms with E-state index in [0.29, 0.717) is 5.56 Å². The molecular formula is C13H18N2O. The fourth-order valence-electron chi connectivity index (χ4n) is 1.42. The van der Waals surface area contributed by atoms with Crippen LogP contribution in [0, 0.1) is 0 Å². The first-order valence-electron chi connectivity index (χ1n) is 5.44. The summed E-state index contributed by atoms with van der Waals surface area (Å²) in [6, 6.07) is 7.38. The lowest BCUT2D eigenvalue weighted by Gasteiger charge is -2.04. The molecule has 3 heteroatoms. The molecule has 0 aliphatic heterocycles. The third-order valence-electron chi connectivity index (χ3n) is 2.26. The maximum absolute atomic E-state index is 11.0. The van der Waals surface area contributed by atoms with Gasteiger partial charge in [0.2, 0.25) is 5.91 Å². The molecular weight excluding hydrogens is 200 g/mol. The van der Waals surface area contributed by atoms with Gasteiger partial charge in [0.25, 0.3) is 0 Å². The van der Waals surface area contributed by atoms with Crippen LogP contribution in [0.5, 0.6) is 0 Å². The molecule has 0 saturated carbocycles. The van der Waals surface area contributed by atoms with E-state index in [1.165, 1.54) is 0 Å². The van der Waals surface area contributed by atoms with Crippen LogP contribution in [-0.2, 0) is 6.54 Å². The van der Waals surface area contributed by atoms with Gasteiger partial charge >= 0.3 is 0 Å². The van der Waals surface area contributed by atoms with E-state index < -0.39 is 0 Å². The second-order valence-electron chi connectivity index (χ2n) is 3.60. The molecule has 1 rings (SSSR count). The molecule has 86 valence electrons. The van der Waals surface area contributed by atoms with E-state index in [0.717, 1.165) is 25.1 Å². The highest BCUT2D eigenvalue weighted by Crippen LogP contribution is 2.04. The Labute approximate surface area is 96.3 Å². The summed E-state index contributed by atoms with van der Waals surface area (Å²) in [6.07, 6.45) is 5.17. The van der Waals surface area contributed by atoms with Gasteiger partial charge in [0.15, 0.2) is 0 Å². The molecule has 0 aliphatic rings. The third kappa shape index (κ3) is 4.28. The number of nitrogens with two attached hydrogens (primary N) is 1. The van der Waals surface area contributed by atoms with Crippen LogP contribution >= 0.6 is 0 Å². The lowest BCUT2D eigenvalue weighted by molar-refractivity contribution is 0.1000. The van der Waals surface area contributed by atoms with Crippen LogP contribution in [0.4, 0.5) is 0 Å². The number of primary amides is 1. The zero-order valence-electron chi connectivity index (χ0n) is 9.57. The molecule has 1 aromatic carbocycles. The third-order valence-corrected chi connectivity index (χ3v) is 2.26. The van der Waals surface area contributed by atoms with Crippen LogP contribution in [0.1, 0.15) is 29.3 Å². The van der Waals surface area contributed by atoms with Gasteiger partial charge in [-0.1, -0.05) is 24.3 Å². The Morgan fingerprint density at radius 1 is 1.50 bits per heavy atom. The lowest BCUT2D eigenvalue weighted by atomic mass is 10.1. The maximum atomic E-state index is 11.0. The monoisotopic (exact) mass is 218 g/mol. The largest absolute Gasteiger partial charge is 0.366 e. The molecule has 3 nitrogen and oxygen atoms in total. The number of rotatable bonds is 6. The summed E-state index contributed by atoms with van der Waals surface area (Å²) in [5, 5.41) is 3.30. The fourth-order valence-corrected chi connectivity index (χ4v) is 1.42. The van der Waals surface area contributed by atoms with E-state index in [4.69, 9.17) is 5.73 Å². The number of hydrogen-bond donors (Lipinski definition) is 2. The predicted molar refractivity (Wildman–Crippen MR) is 66.1 cm³/mol. The van der Waals surface area contributed by atoms with Gasteiger partial charge in [-0.25, -0.2) is 0 Å². The average molecular weight is 218 g/mol. The predicted octanol–water partition coefficient (Wildman–Crippen LogP) is 1.84. The van der Waals surface area contributed by atoms with Crippen molar-refractivity contribution >= 4 is 5.91 Å². The van der Waals surface area contributed by atoms with Gasteiger partial charge in [0.1, 0.15) is 0 Å². The highest BCUT2D eigenvalue weighted by atomic mass is 16.1. The van der Waals surface area contributed by atoms with E-state index in [1.807, 2.05) is 31.2 Å². The summed E-state index contributed by atoms with van der Waals surface area (Å²) in [6.45, 7) is 3.71. The zero-order valence-corrected chi connectivity index (χ0v) is 9.57. The first kappa shape index (κ1) is 12.5. The Hall–Kier alpha value is -1.61. The van der Waals surface area contributed by atoms with Crippen LogP contribution in [0.15, 0.2) is 36.4 Å². The number of carbonyl (C=O) groups excluding carboxylic acids is 1. The minimum atomic E-state index is -0.379. The number of carbonyl (C=O) groups is 1. The summed E-state index contributed by atoms with van der Waals surface area (Å²) in [5.41, 5.74) is 6.85. The molecule has 1 amide bonds. The van der Waals surface area contributed by atoms with E-state index in [1.54, 1.807) is 6.07 Å². The molecule has 0 saturated heterocycles. The molecule has 0 bridgehead atoms. The fraction of sp³-hybridized carbons (Fsp3) is 0.308. The van der Waals surface area contributed by atoms with E-state index in [2.05, 4.69) is 11.4 Å². The van der Waals surface area contributed by atoms with Crippen molar-refractivity contribution in [3.63, 3.8) is 0 Å². The quantitative estimate of drug-likeness (QED) is 0.565. The number of benzene rings is 1. The summed E-state index contributed by atoms with van der Waals surface area (Å²) in [7, 11) is 0. The van der Waals surface area contributed by atoms with Crippen molar-refractivity contribution in [3.8, 4) is 0 Å². The van der Waals surface area contributed by atoms with E-state index in [9.17, 15) is 4.79 Å². The second kappa shape index (κ2) is 6.80. The van der Waals surface area contributed by atoms with Crippen LogP contribution in [0.2, 0.25) is 0 Å². The second-order valence-corrected chi connectivity index (χ2v) is 3.60. The first-order chi connectivity index (χ1) is 7.74.